The number of amides is 1. The molecule has 110 valence electrons. The summed E-state index contributed by atoms with van der Waals surface area (Å²) in [6.07, 6.45) is 3.06. The fraction of sp³-hybridized carbons (Fsp3) is 0.615. The van der Waals surface area contributed by atoms with Crippen molar-refractivity contribution in [2.24, 2.45) is 5.92 Å². The quantitative estimate of drug-likeness (QED) is 0.912. The molecule has 2 fully saturated rings. The Morgan fingerprint density at radius 2 is 2.10 bits per heavy atom. The van der Waals surface area contributed by atoms with Gasteiger partial charge < -0.3 is 5.32 Å². The molecule has 0 bridgehead atoms. The minimum absolute atomic E-state index is 0.0295. The molecule has 5 nitrogen and oxygen atoms in total. The molecular formula is C13H18N2O3S2. The SMILES string of the molecule is Cc1ccsc1S(=O)(=O)N1CC(NC(=O)C2CCC2)C1. The first-order chi connectivity index (χ1) is 9.48. The highest BCUT2D eigenvalue weighted by molar-refractivity contribution is 7.91. The van der Waals surface area contributed by atoms with E-state index in [0.717, 1.165) is 24.8 Å². The van der Waals surface area contributed by atoms with Crippen molar-refractivity contribution in [1.82, 2.24) is 9.62 Å². The van der Waals surface area contributed by atoms with Gasteiger partial charge in [0.2, 0.25) is 5.91 Å². The highest BCUT2D eigenvalue weighted by atomic mass is 32.2. The number of hydrogen-bond donors (Lipinski definition) is 1. The van der Waals surface area contributed by atoms with E-state index in [0.29, 0.717) is 17.3 Å². The smallest absolute Gasteiger partial charge is 0.252 e. The van der Waals surface area contributed by atoms with E-state index in [2.05, 4.69) is 5.32 Å². The predicted molar refractivity (Wildman–Crippen MR) is 77.1 cm³/mol. The minimum atomic E-state index is -3.37. The Labute approximate surface area is 123 Å². The molecular weight excluding hydrogens is 296 g/mol. The third kappa shape index (κ3) is 2.38. The molecule has 7 heteroatoms. The van der Waals surface area contributed by atoms with Crippen LogP contribution in [0.3, 0.4) is 0 Å². The molecule has 3 rings (SSSR count). The molecule has 1 aliphatic carbocycles. The molecule has 0 radical (unpaired) electrons. The zero-order valence-corrected chi connectivity index (χ0v) is 13.0. The van der Waals surface area contributed by atoms with Crippen LogP contribution in [0.15, 0.2) is 15.7 Å². The van der Waals surface area contributed by atoms with E-state index in [1.807, 2.05) is 6.07 Å². The average Bonchev–Trinajstić information content (AvgIpc) is 2.67. The third-order valence-electron chi connectivity index (χ3n) is 4.06. The molecule has 1 N–H and O–H groups in total. The maximum Gasteiger partial charge on any atom is 0.252 e. The van der Waals surface area contributed by atoms with Gasteiger partial charge in [-0.05, 0) is 36.8 Å². The summed E-state index contributed by atoms with van der Waals surface area (Å²) in [5, 5.41) is 4.73. The number of thiophene rings is 1. The Hall–Kier alpha value is -0.920. The number of nitrogens with one attached hydrogen (secondary N) is 1. The lowest BCUT2D eigenvalue weighted by atomic mass is 9.84. The van der Waals surface area contributed by atoms with Gasteiger partial charge in [-0.2, -0.15) is 4.31 Å². The Bertz CT molecular complexity index is 613. The molecule has 0 spiro atoms. The summed E-state index contributed by atoms with van der Waals surface area (Å²) in [5.41, 5.74) is 0.789. The standard InChI is InChI=1S/C13H18N2O3S2/c1-9-5-6-19-13(9)20(17,18)15-7-11(8-15)14-12(16)10-3-2-4-10/h5-6,10-11H,2-4,7-8H2,1H3,(H,14,16). The van der Waals surface area contributed by atoms with Crippen molar-refractivity contribution in [3.05, 3.63) is 17.0 Å². The number of aryl methyl sites for hydroxylation is 1. The van der Waals surface area contributed by atoms with E-state index in [9.17, 15) is 13.2 Å². The van der Waals surface area contributed by atoms with E-state index >= 15 is 0 Å². The van der Waals surface area contributed by atoms with Crippen LogP contribution < -0.4 is 5.32 Å². The summed E-state index contributed by atoms with van der Waals surface area (Å²) in [4.78, 5) is 11.8. The van der Waals surface area contributed by atoms with Crippen LogP contribution in [0.5, 0.6) is 0 Å². The second-order valence-electron chi connectivity index (χ2n) is 5.55. The number of carbonyl (C=O) groups excluding carboxylic acids is 1. The van der Waals surface area contributed by atoms with Crippen molar-refractivity contribution in [3.63, 3.8) is 0 Å². The number of carbonyl (C=O) groups is 1. The lowest BCUT2D eigenvalue weighted by Gasteiger charge is -2.39. The van der Waals surface area contributed by atoms with E-state index in [1.54, 1.807) is 12.3 Å². The van der Waals surface area contributed by atoms with Crippen molar-refractivity contribution in [2.45, 2.75) is 36.4 Å². The molecule has 0 aromatic carbocycles. The molecule has 1 amide bonds. The first-order valence-corrected chi connectivity index (χ1v) is 9.15. The molecule has 1 saturated carbocycles. The Balaban J connectivity index is 1.57. The zero-order chi connectivity index (χ0) is 14.3. The molecule has 20 heavy (non-hydrogen) atoms. The molecule has 1 aromatic heterocycles. The summed E-state index contributed by atoms with van der Waals surface area (Å²) in [6, 6.07) is 1.78. The van der Waals surface area contributed by atoms with Crippen LogP contribution in [0, 0.1) is 12.8 Å². The highest BCUT2D eigenvalue weighted by Crippen LogP contribution is 2.29. The molecule has 0 atom stereocenters. The molecule has 1 aliphatic heterocycles. The molecule has 0 unspecified atom stereocenters. The van der Waals surface area contributed by atoms with Gasteiger partial charge in [-0.1, -0.05) is 6.42 Å². The van der Waals surface area contributed by atoms with Gasteiger partial charge in [-0.25, -0.2) is 8.42 Å². The highest BCUT2D eigenvalue weighted by Gasteiger charge is 2.39. The zero-order valence-electron chi connectivity index (χ0n) is 11.3. The maximum atomic E-state index is 12.4. The second kappa shape index (κ2) is 5.13. The summed E-state index contributed by atoms with van der Waals surface area (Å²) in [6.45, 7) is 2.58. The molecule has 1 saturated heterocycles. The number of hydrogen-bond acceptors (Lipinski definition) is 4. The topological polar surface area (TPSA) is 66.5 Å². The van der Waals surface area contributed by atoms with Crippen molar-refractivity contribution in [1.29, 1.82) is 0 Å². The summed E-state index contributed by atoms with van der Waals surface area (Å²) in [5.74, 6) is 0.241. The van der Waals surface area contributed by atoms with Crippen molar-refractivity contribution < 1.29 is 13.2 Å². The maximum absolute atomic E-state index is 12.4. The van der Waals surface area contributed by atoms with E-state index in [-0.39, 0.29) is 17.9 Å². The lowest BCUT2D eigenvalue weighted by Crippen LogP contribution is -2.61. The predicted octanol–water partition coefficient (Wildman–Crippen LogP) is 1.35. The first kappa shape index (κ1) is 14.0. The summed E-state index contributed by atoms with van der Waals surface area (Å²) in [7, 11) is -3.37. The average molecular weight is 314 g/mol. The Morgan fingerprint density at radius 3 is 2.60 bits per heavy atom. The number of sulfonamides is 1. The van der Waals surface area contributed by atoms with Gasteiger partial charge in [0.1, 0.15) is 4.21 Å². The number of nitrogens with zero attached hydrogens (tertiary/aromatic N) is 1. The van der Waals surface area contributed by atoms with Gasteiger partial charge in [0, 0.05) is 19.0 Å². The van der Waals surface area contributed by atoms with Gasteiger partial charge in [-0.15, -0.1) is 11.3 Å². The van der Waals surface area contributed by atoms with Crippen LogP contribution in [0.25, 0.3) is 0 Å². The van der Waals surface area contributed by atoms with E-state index in [4.69, 9.17) is 0 Å². The second-order valence-corrected chi connectivity index (χ2v) is 8.60. The lowest BCUT2D eigenvalue weighted by molar-refractivity contribution is -0.128. The first-order valence-electron chi connectivity index (χ1n) is 6.83. The number of rotatable bonds is 4. The van der Waals surface area contributed by atoms with Gasteiger partial charge in [0.05, 0.1) is 6.04 Å². The summed E-state index contributed by atoms with van der Waals surface area (Å²) >= 11 is 1.25. The van der Waals surface area contributed by atoms with E-state index in [1.165, 1.54) is 15.6 Å². The summed E-state index contributed by atoms with van der Waals surface area (Å²) < 4.78 is 26.6. The normalized spacial score (nSPS) is 21.2. The third-order valence-corrected chi connectivity index (χ3v) is 7.56. The Morgan fingerprint density at radius 1 is 1.40 bits per heavy atom. The van der Waals surface area contributed by atoms with Gasteiger partial charge >= 0.3 is 0 Å². The van der Waals surface area contributed by atoms with Crippen molar-refractivity contribution in [2.75, 3.05) is 13.1 Å². The van der Waals surface area contributed by atoms with Crippen LogP contribution in [0.4, 0.5) is 0 Å². The largest absolute Gasteiger partial charge is 0.350 e. The molecule has 2 heterocycles. The van der Waals surface area contributed by atoms with Crippen LogP contribution in [0.2, 0.25) is 0 Å². The van der Waals surface area contributed by atoms with Crippen LogP contribution in [-0.2, 0) is 14.8 Å². The van der Waals surface area contributed by atoms with Gasteiger partial charge in [0.15, 0.2) is 0 Å². The van der Waals surface area contributed by atoms with Crippen molar-refractivity contribution >= 4 is 27.3 Å². The monoisotopic (exact) mass is 314 g/mol. The van der Waals surface area contributed by atoms with Crippen LogP contribution in [-0.4, -0.2) is 37.8 Å². The van der Waals surface area contributed by atoms with E-state index < -0.39 is 10.0 Å². The fourth-order valence-corrected chi connectivity index (χ4v) is 5.54. The minimum Gasteiger partial charge on any atom is -0.350 e. The van der Waals surface area contributed by atoms with Crippen LogP contribution in [0.1, 0.15) is 24.8 Å². The Kier molecular flexibility index (Phi) is 3.60. The van der Waals surface area contributed by atoms with Crippen molar-refractivity contribution in [3.8, 4) is 0 Å². The molecule has 1 aromatic rings. The fourth-order valence-electron chi connectivity index (χ4n) is 2.46. The van der Waals surface area contributed by atoms with Crippen LogP contribution >= 0.6 is 11.3 Å². The molecule has 2 aliphatic rings. The van der Waals surface area contributed by atoms with Gasteiger partial charge in [-0.3, -0.25) is 4.79 Å². The van der Waals surface area contributed by atoms with Gasteiger partial charge in [0.25, 0.3) is 10.0 Å².